The van der Waals surface area contributed by atoms with Crippen LogP contribution in [0.3, 0.4) is 0 Å². The van der Waals surface area contributed by atoms with Crippen LogP contribution < -0.4 is 5.32 Å². The van der Waals surface area contributed by atoms with Crippen molar-refractivity contribution in [2.24, 2.45) is 0 Å². The van der Waals surface area contributed by atoms with Crippen molar-refractivity contribution in [3.8, 4) is 5.69 Å². The standard InChI is InChI=1S/C14H19ClN4/c1-4-13-17-14(5-2)19(18-13)12-8-11(15)7-6-10(12)9-16-3/h6-8,16H,4-5,9H2,1-3H3. The van der Waals surface area contributed by atoms with Gasteiger partial charge in [0, 0.05) is 24.4 Å². The Morgan fingerprint density at radius 2 is 2.05 bits per heavy atom. The van der Waals surface area contributed by atoms with E-state index < -0.39 is 0 Å². The van der Waals surface area contributed by atoms with E-state index in [2.05, 4.69) is 29.2 Å². The zero-order valence-electron chi connectivity index (χ0n) is 11.6. The van der Waals surface area contributed by atoms with Crippen LogP contribution >= 0.6 is 11.6 Å². The van der Waals surface area contributed by atoms with Gasteiger partial charge in [-0.3, -0.25) is 0 Å². The summed E-state index contributed by atoms with van der Waals surface area (Å²) >= 11 is 6.12. The minimum absolute atomic E-state index is 0.713. The quantitative estimate of drug-likeness (QED) is 0.914. The smallest absolute Gasteiger partial charge is 0.151 e. The Labute approximate surface area is 118 Å². The number of benzene rings is 1. The van der Waals surface area contributed by atoms with E-state index in [1.165, 1.54) is 0 Å². The predicted octanol–water partition coefficient (Wildman–Crippen LogP) is 2.76. The highest BCUT2D eigenvalue weighted by atomic mass is 35.5. The van der Waals surface area contributed by atoms with Crippen molar-refractivity contribution in [1.29, 1.82) is 0 Å². The summed E-state index contributed by atoms with van der Waals surface area (Å²) in [6.45, 7) is 4.92. The average Bonchev–Trinajstić information content (AvgIpc) is 2.84. The number of hydrogen-bond donors (Lipinski definition) is 1. The van der Waals surface area contributed by atoms with Crippen LogP contribution in [0.5, 0.6) is 0 Å². The Kier molecular flexibility index (Phi) is 4.56. The number of nitrogens with one attached hydrogen (secondary N) is 1. The van der Waals surface area contributed by atoms with Gasteiger partial charge in [0.15, 0.2) is 5.82 Å². The Morgan fingerprint density at radius 3 is 2.68 bits per heavy atom. The van der Waals surface area contributed by atoms with Crippen molar-refractivity contribution >= 4 is 11.6 Å². The predicted molar refractivity (Wildman–Crippen MR) is 77.9 cm³/mol. The fraction of sp³-hybridized carbons (Fsp3) is 0.429. The Morgan fingerprint density at radius 1 is 1.26 bits per heavy atom. The molecule has 19 heavy (non-hydrogen) atoms. The first kappa shape index (κ1) is 14.0. The van der Waals surface area contributed by atoms with Crippen molar-refractivity contribution in [2.75, 3.05) is 7.05 Å². The van der Waals surface area contributed by atoms with Gasteiger partial charge in [-0.05, 0) is 24.7 Å². The highest BCUT2D eigenvalue weighted by molar-refractivity contribution is 6.30. The van der Waals surface area contributed by atoms with E-state index in [9.17, 15) is 0 Å². The minimum Gasteiger partial charge on any atom is -0.316 e. The molecule has 0 unspecified atom stereocenters. The first-order valence-electron chi connectivity index (χ1n) is 6.57. The van der Waals surface area contributed by atoms with Gasteiger partial charge in [0.2, 0.25) is 0 Å². The third-order valence-electron chi connectivity index (χ3n) is 2.99. The van der Waals surface area contributed by atoms with E-state index in [-0.39, 0.29) is 0 Å². The second-order valence-corrected chi connectivity index (χ2v) is 4.80. The molecule has 0 aliphatic rings. The molecule has 0 aliphatic heterocycles. The van der Waals surface area contributed by atoms with Crippen molar-refractivity contribution in [3.05, 3.63) is 40.4 Å². The van der Waals surface area contributed by atoms with Crippen LogP contribution in [0.25, 0.3) is 5.69 Å². The lowest BCUT2D eigenvalue weighted by Gasteiger charge is -2.11. The molecule has 2 aromatic rings. The summed E-state index contributed by atoms with van der Waals surface area (Å²) in [5.74, 6) is 1.84. The minimum atomic E-state index is 0.713. The molecule has 1 aromatic carbocycles. The third kappa shape index (κ3) is 2.96. The molecule has 0 atom stereocenters. The molecule has 1 N–H and O–H groups in total. The first-order valence-corrected chi connectivity index (χ1v) is 6.95. The van der Waals surface area contributed by atoms with E-state index in [1.807, 2.05) is 29.9 Å². The molecule has 1 aromatic heterocycles. The monoisotopic (exact) mass is 278 g/mol. The largest absolute Gasteiger partial charge is 0.316 e. The van der Waals surface area contributed by atoms with Crippen LogP contribution in [-0.2, 0) is 19.4 Å². The highest BCUT2D eigenvalue weighted by Gasteiger charge is 2.12. The molecule has 0 saturated carbocycles. The fourth-order valence-electron chi connectivity index (χ4n) is 2.04. The Balaban J connectivity index is 2.56. The van der Waals surface area contributed by atoms with Gasteiger partial charge in [0.05, 0.1) is 5.69 Å². The van der Waals surface area contributed by atoms with Crippen LogP contribution in [0.4, 0.5) is 0 Å². The number of rotatable bonds is 5. The van der Waals surface area contributed by atoms with E-state index >= 15 is 0 Å². The molecule has 5 heteroatoms. The Hall–Kier alpha value is -1.39. The van der Waals surface area contributed by atoms with Gasteiger partial charge < -0.3 is 5.32 Å². The van der Waals surface area contributed by atoms with Crippen LogP contribution in [0, 0.1) is 0 Å². The molecule has 2 rings (SSSR count). The van der Waals surface area contributed by atoms with Gasteiger partial charge in [-0.1, -0.05) is 31.5 Å². The van der Waals surface area contributed by atoms with Crippen molar-refractivity contribution in [2.45, 2.75) is 33.2 Å². The van der Waals surface area contributed by atoms with E-state index in [0.29, 0.717) is 5.02 Å². The molecule has 0 aliphatic carbocycles. The molecule has 0 radical (unpaired) electrons. The fourth-order valence-corrected chi connectivity index (χ4v) is 2.20. The van der Waals surface area contributed by atoms with Gasteiger partial charge >= 0.3 is 0 Å². The lowest BCUT2D eigenvalue weighted by Crippen LogP contribution is -2.11. The zero-order valence-corrected chi connectivity index (χ0v) is 12.3. The normalized spacial score (nSPS) is 10.9. The summed E-state index contributed by atoms with van der Waals surface area (Å²) in [4.78, 5) is 4.54. The molecular weight excluding hydrogens is 260 g/mol. The topological polar surface area (TPSA) is 42.7 Å². The van der Waals surface area contributed by atoms with Crippen molar-refractivity contribution < 1.29 is 0 Å². The zero-order chi connectivity index (χ0) is 13.8. The second kappa shape index (κ2) is 6.17. The summed E-state index contributed by atoms with van der Waals surface area (Å²) in [5.41, 5.74) is 2.17. The maximum Gasteiger partial charge on any atom is 0.151 e. The second-order valence-electron chi connectivity index (χ2n) is 4.37. The van der Waals surface area contributed by atoms with E-state index in [1.54, 1.807) is 0 Å². The van der Waals surface area contributed by atoms with Gasteiger partial charge in [-0.2, -0.15) is 5.10 Å². The molecule has 1 heterocycles. The Bertz CT molecular complexity index is 563. The van der Waals surface area contributed by atoms with Gasteiger partial charge in [0.1, 0.15) is 5.82 Å². The number of hydrogen-bond acceptors (Lipinski definition) is 3. The summed E-state index contributed by atoms with van der Waals surface area (Å²) in [5, 5.41) is 8.45. The van der Waals surface area contributed by atoms with Gasteiger partial charge in [-0.15, -0.1) is 0 Å². The van der Waals surface area contributed by atoms with Crippen molar-refractivity contribution in [3.63, 3.8) is 0 Å². The van der Waals surface area contributed by atoms with Crippen LogP contribution in [0.15, 0.2) is 18.2 Å². The van der Waals surface area contributed by atoms with Gasteiger partial charge in [-0.25, -0.2) is 9.67 Å². The summed E-state index contributed by atoms with van der Waals surface area (Å²) in [6, 6.07) is 5.88. The van der Waals surface area contributed by atoms with Gasteiger partial charge in [0.25, 0.3) is 0 Å². The SMILES string of the molecule is CCc1nc(CC)n(-c2cc(Cl)ccc2CNC)n1. The molecule has 102 valence electrons. The van der Waals surface area contributed by atoms with Crippen LogP contribution in [-0.4, -0.2) is 21.8 Å². The molecule has 0 amide bonds. The molecule has 0 spiro atoms. The number of nitrogens with zero attached hydrogens (tertiary/aromatic N) is 3. The van der Waals surface area contributed by atoms with E-state index in [0.717, 1.165) is 42.3 Å². The maximum atomic E-state index is 6.12. The molecule has 4 nitrogen and oxygen atoms in total. The first-order chi connectivity index (χ1) is 9.19. The van der Waals surface area contributed by atoms with Crippen LogP contribution in [0.2, 0.25) is 5.02 Å². The lowest BCUT2D eigenvalue weighted by molar-refractivity contribution is 0.756. The number of aromatic nitrogens is 3. The lowest BCUT2D eigenvalue weighted by atomic mass is 10.1. The number of halogens is 1. The molecule has 0 saturated heterocycles. The third-order valence-corrected chi connectivity index (χ3v) is 3.23. The van der Waals surface area contributed by atoms with Crippen molar-refractivity contribution in [1.82, 2.24) is 20.1 Å². The summed E-state index contributed by atoms with van der Waals surface area (Å²) in [6.07, 6.45) is 1.68. The van der Waals surface area contributed by atoms with E-state index in [4.69, 9.17) is 11.6 Å². The molecule has 0 fully saturated rings. The number of aryl methyl sites for hydroxylation is 2. The maximum absolute atomic E-state index is 6.12. The highest BCUT2D eigenvalue weighted by Crippen LogP contribution is 2.21. The summed E-state index contributed by atoms with van der Waals surface area (Å²) < 4.78 is 1.91. The van der Waals surface area contributed by atoms with Crippen LogP contribution in [0.1, 0.15) is 31.1 Å². The summed E-state index contributed by atoms with van der Waals surface area (Å²) in [7, 11) is 1.93. The average molecular weight is 279 g/mol. The molecular formula is C14H19ClN4. The molecule has 0 bridgehead atoms.